The van der Waals surface area contributed by atoms with Gasteiger partial charge in [0.05, 0.1) is 33.5 Å². The number of hydrogen-bond acceptors (Lipinski definition) is 7. The van der Waals surface area contributed by atoms with Crippen LogP contribution in [-0.2, 0) is 19.3 Å². The molecule has 0 spiro atoms. The van der Waals surface area contributed by atoms with Gasteiger partial charge in [-0.2, -0.15) is 9.62 Å². The summed E-state index contributed by atoms with van der Waals surface area (Å²) in [5, 5.41) is 9.18. The van der Waals surface area contributed by atoms with E-state index in [1.807, 2.05) is 0 Å². The van der Waals surface area contributed by atoms with Crippen molar-refractivity contribution >= 4 is 44.6 Å². The maximum absolute atomic E-state index is 13.1. The molecule has 2 aliphatic rings. The van der Waals surface area contributed by atoms with Gasteiger partial charge in [0.15, 0.2) is 17.5 Å². The third kappa shape index (κ3) is 4.51. The first-order valence-electron chi connectivity index (χ1n) is 9.42. The number of esters is 1. The zero-order valence-corrected chi connectivity index (χ0v) is 17.6. The number of hydrogen-bond donors (Lipinski definition) is 0. The molecule has 0 amide bonds. The van der Waals surface area contributed by atoms with Crippen LogP contribution in [0.4, 0.5) is 5.69 Å². The summed E-state index contributed by atoms with van der Waals surface area (Å²) in [4.78, 5) is 37.4. The van der Waals surface area contributed by atoms with Crippen molar-refractivity contribution in [1.82, 2.24) is 0 Å². The summed E-state index contributed by atoms with van der Waals surface area (Å²) in [5.74, 6) is -2.85. The Kier molecular flexibility index (Phi) is 6.39. The molecule has 29 heavy (non-hydrogen) atoms. The predicted molar refractivity (Wildman–Crippen MR) is 108 cm³/mol. The number of carbonyl (C=O) groups is 3. The second-order valence-electron chi connectivity index (χ2n) is 7.25. The first kappa shape index (κ1) is 21.5. The highest BCUT2D eigenvalue weighted by atomic mass is 35.5. The number of halogens is 1. The number of nitriles is 1. The minimum Gasteiger partial charge on any atom is -0.465 e. The van der Waals surface area contributed by atoms with Crippen molar-refractivity contribution in [1.29, 1.82) is 5.26 Å². The van der Waals surface area contributed by atoms with Gasteiger partial charge in [-0.15, -0.1) is 0 Å². The molecule has 1 aromatic rings. The van der Waals surface area contributed by atoms with Gasteiger partial charge in [0.1, 0.15) is 5.69 Å². The summed E-state index contributed by atoms with van der Waals surface area (Å²) in [6.45, 7) is 0. The highest BCUT2D eigenvalue weighted by molar-refractivity contribution is 7.93. The van der Waals surface area contributed by atoms with E-state index in [1.165, 1.54) is 19.2 Å². The SMILES string of the molecule is COC(=O)c1ccc(C(=O)C(C#N)C(=O)C2CC2)c(Cl)c1N=S1(=O)CCCCC1. The largest absolute Gasteiger partial charge is 0.465 e. The van der Waals surface area contributed by atoms with Crippen molar-refractivity contribution in [3.05, 3.63) is 28.3 Å². The van der Waals surface area contributed by atoms with Crippen LogP contribution in [0.15, 0.2) is 16.5 Å². The van der Waals surface area contributed by atoms with Crippen LogP contribution in [0.2, 0.25) is 5.02 Å². The van der Waals surface area contributed by atoms with E-state index in [0.717, 1.165) is 19.3 Å². The van der Waals surface area contributed by atoms with E-state index in [-0.39, 0.29) is 27.8 Å². The molecule has 9 heteroatoms. The zero-order chi connectivity index (χ0) is 21.2. The normalized spacial score (nSPS) is 18.9. The fourth-order valence-corrected chi connectivity index (χ4v) is 5.89. The van der Waals surface area contributed by atoms with Gasteiger partial charge in [-0.1, -0.05) is 18.0 Å². The van der Waals surface area contributed by atoms with Gasteiger partial charge < -0.3 is 4.74 Å². The average Bonchev–Trinajstić information content (AvgIpc) is 3.55. The Morgan fingerprint density at radius 1 is 1.21 bits per heavy atom. The first-order valence-corrected chi connectivity index (χ1v) is 11.7. The molecule has 7 nitrogen and oxygen atoms in total. The molecule has 1 aliphatic carbocycles. The van der Waals surface area contributed by atoms with Crippen LogP contribution in [0.5, 0.6) is 0 Å². The van der Waals surface area contributed by atoms with Gasteiger partial charge in [-0.25, -0.2) is 9.00 Å². The van der Waals surface area contributed by atoms with Crippen molar-refractivity contribution in [3.63, 3.8) is 0 Å². The Morgan fingerprint density at radius 3 is 2.38 bits per heavy atom. The molecule has 1 saturated carbocycles. The number of carbonyl (C=O) groups excluding carboxylic acids is 3. The lowest BCUT2D eigenvalue weighted by Crippen LogP contribution is -2.24. The highest BCUT2D eigenvalue weighted by Gasteiger charge is 2.39. The summed E-state index contributed by atoms with van der Waals surface area (Å²) >= 11 is 6.42. The molecule has 1 aliphatic heterocycles. The molecule has 0 radical (unpaired) electrons. The van der Waals surface area contributed by atoms with E-state index in [2.05, 4.69) is 4.36 Å². The summed E-state index contributed by atoms with van der Waals surface area (Å²) < 4.78 is 22.2. The molecular formula is C20H21ClN2O5S. The Balaban J connectivity index is 2.11. The van der Waals surface area contributed by atoms with E-state index in [0.29, 0.717) is 24.3 Å². The highest BCUT2D eigenvalue weighted by Crippen LogP contribution is 2.38. The summed E-state index contributed by atoms with van der Waals surface area (Å²) in [6, 6.07) is 4.37. The lowest BCUT2D eigenvalue weighted by Gasteiger charge is -2.17. The first-order chi connectivity index (χ1) is 13.8. The fourth-order valence-electron chi connectivity index (χ4n) is 3.32. The summed E-state index contributed by atoms with van der Waals surface area (Å²) in [6.07, 6.45) is 3.79. The number of ether oxygens (including phenoxy) is 1. The van der Waals surface area contributed by atoms with Gasteiger partial charge in [0.25, 0.3) is 0 Å². The summed E-state index contributed by atoms with van der Waals surface area (Å²) in [5.41, 5.74) is -0.173. The Labute approximate surface area is 174 Å². The van der Waals surface area contributed by atoms with E-state index < -0.39 is 33.2 Å². The van der Waals surface area contributed by atoms with Crippen LogP contribution in [-0.4, -0.2) is 40.4 Å². The quantitative estimate of drug-likeness (QED) is 0.381. The lowest BCUT2D eigenvalue weighted by atomic mass is 9.91. The van der Waals surface area contributed by atoms with E-state index >= 15 is 0 Å². The van der Waals surface area contributed by atoms with E-state index in [9.17, 15) is 23.9 Å². The Morgan fingerprint density at radius 2 is 1.83 bits per heavy atom. The minimum absolute atomic E-state index is 0.00984. The smallest absolute Gasteiger partial charge is 0.340 e. The lowest BCUT2D eigenvalue weighted by molar-refractivity contribution is -0.121. The van der Waals surface area contributed by atoms with Crippen LogP contribution in [0.3, 0.4) is 0 Å². The second kappa shape index (κ2) is 8.64. The zero-order valence-electron chi connectivity index (χ0n) is 16.0. The Bertz CT molecular complexity index is 1020. The Hall–Kier alpha value is -2.24. The molecule has 1 atom stereocenters. The molecule has 0 N–H and O–H groups in total. The summed E-state index contributed by atoms with van der Waals surface area (Å²) in [7, 11) is -1.43. The van der Waals surface area contributed by atoms with Gasteiger partial charge >= 0.3 is 5.97 Å². The molecule has 1 saturated heterocycles. The second-order valence-corrected chi connectivity index (χ2v) is 10.2. The number of rotatable bonds is 6. The molecule has 1 unspecified atom stereocenters. The van der Waals surface area contributed by atoms with E-state index in [4.69, 9.17) is 16.3 Å². The molecule has 3 rings (SSSR count). The maximum Gasteiger partial charge on any atom is 0.340 e. The maximum atomic E-state index is 13.1. The molecule has 1 heterocycles. The third-order valence-electron chi connectivity index (χ3n) is 5.13. The van der Waals surface area contributed by atoms with Crippen LogP contribution in [0, 0.1) is 23.2 Å². The predicted octanol–water partition coefficient (Wildman–Crippen LogP) is 3.71. The molecule has 0 bridgehead atoms. The number of benzene rings is 1. The van der Waals surface area contributed by atoms with Crippen LogP contribution in [0.1, 0.15) is 52.8 Å². The van der Waals surface area contributed by atoms with Crippen LogP contribution in [0.25, 0.3) is 0 Å². The topological polar surface area (TPSA) is 114 Å². The number of methoxy groups -OCH3 is 1. The minimum atomic E-state index is -2.63. The van der Waals surface area contributed by atoms with Crippen molar-refractivity contribution in [2.75, 3.05) is 18.6 Å². The third-order valence-corrected chi connectivity index (χ3v) is 7.88. The standard InChI is InChI=1S/C20H21ClN2O5S/c1-28-20(26)14-8-7-13(19(25)15(11-22)18(24)12-5-6-12)16(21)17(14)23-29(27)9-3-2-4-10-29/h7-8,12,15H,2-6,9-10H2,1H3. The molecule has 154 valence electrons. The molecule has 0 aromatic heterocycles. The average molecular weight is 437 g/mol. The van der Waals surface area contributed by atoms with Gasteiger partial charge in [-0.3, -0.25) is 9.59 Å². The van der Waals surface area contributed by atoms with Crippen molar-refractivity contribution in [2.24, 2.45) is 16.2 Å². The van der Waals surface area contributed by atoms with Crippen molar-refractivity contribution < 1.29 is 23.3 Å². The van der Waals surface area contributed by atoms with E-state index in [1.54, 1.807) is 6.07 Å². The number of Topliss-reactive ketones (excluding diaryl/α,β-unsaturated/α-hetero) is 2. The van der Waals surface area contributed by atoms with Crippen molar-refractivity contribution in [3.8, 4) is 6.07 Å². The molecule has 1 aromatic carbocycles. The fraction of sp³-hybridized carbons (Fsp3) is 0.500. The van der Waals surface area contributed by atoms with Gasteiger partial charge in [-0.05, 0) is 37.8 Å². The number of ketones is 2. The van der Waals surface area contributed by atoms with Crippen molar-refractivity contribution in [2.45, 2.75) is 32.1 Å². The van der Waals surface area contributed by atoms with Gasteiger partial charge in [0.2, 0.25) is 0 Å². The molecular weight excluding hydrogens is 416 g/mol. The molecule has 2 fully saturated rings. The monoisotopic (exact) mass is 436 g/mol. The van der Waals surface area contributed by atoms with Crippen LogP contribution < -0.4 is 0 Å². The van der Waals surface area contributed by atoms with Gasteiger partial charge in [0, 0.05) is 23.0 Å². The van der Waals surface area contributed by atoms with Crippen LogP contribution >= 0.6 is 11.6 Å². The number of nitrogens with zero attached hydrogens (tertiary/aromatic N) is 2.